The number of hydrogen-bond donors (Lipinski definition) is 1. The summed E-state index contributed by atoms with van der Waals surface area (Å²) >= 11 is 0. The highest BCUT2D eigenvalue weighted by Crippen LogP contribution is 2.27. The van der Waals surface area contributed by atoms with E-state index in [2.05, 4.69) is 19.1 Å². The van der Waals surface area contributed by atoms with Gasteiger partial charge in [0, 0.05) is 5.92 Å². The molecule has 2 unspecified atom stereocenters. The van der Waals surface area contributed by atoms with Crippen molar-refractivity contribution >= 4 is 13.6 Å². The van der Waals surface area contributed by atoms with Crippen LogP contribution in [-0.4, -0.2) is 10.4 Å². The molecule has 0 rings (SSSR count). The maximum atomic E-state index is 11.5. The Labute approximate surface area is 150 Å². The number of carbonyl (C=O) groups is 1. The van der Waals surface area contributed by atoms with E-state index in [0.717, 1.165) is 25.7 Å². The molecule has 2 atom stereocenters. The summed E-state index contributed by atoms with van der Waals surface area (Å²) in [5, 5.41) is 0. The molecule has 0 aromatic carbocycles. The van der Waals surface area contributed by atoms with Crippen LogP contribution in [0.4, 0.5) is 0 Å². The van der Waals surface area contributed by atoms with Gasteiger partial charge in [-0.3, -0.25) is 9.36 Å². The Bertz CT molecular complexity index is 353. The molecule has 142 valence electrons. The minimum absolute atomic E-state index is 0.210. The average molecular weight is 359 g/mol. The van der Waals surface area contributed by atoms with Gasteiger partial charge >= 0.3 is 0 Å². The minimum atomic E-state index is -2.99. The van der Waals surface area contributed by atoms with Gasteiger partial charge in [0.05, 0.1) is 0 Å². The van der Waals surface area contributed by atoms with Crippen LogP contribution >= 0.6 is 8.03 Å². The van der Waals surface area contributed by atoms with E-state index in [1.54, 1.807) is 0 Å². The molecule has 0 saturated carbocycles. The Morgan fingerprint density at radius 1 is 0.875 bits per heavy atom. The maximum absolute atomic E-state index is 11.5. The summed E-state index contributed by atoms with van der Waals surface area (Å²) in [5.41, 5.74) is -0.430. The van der Waals surface area contributed by atoms with Crippen LogP contribution in [0.5, 0.6) is 0 Å². The third kappa shape index (κ3) is 14.0. The molecule has 0 fully saturated rings. The lowest BCUT2D eigenvalue weighted by atomic mass is 9.99. The largest absolute Gasteiger partial charge is 0.341 e. The standard InChI is InChI=1S/C20H39O3P/c1-3-5-6-7-8-9-10-11-12-13-14-15-16-17-18-19(4-2)20(21)24(22)23/h11-12,19,24H,3-10,13-18H2,1-2H3,(H,22,23)/b12-11-. The van der Waals surface area contributed by atoms with E-state index in [9.17, 15) is 9.36 Å². The van der Waals surface area contributed by atoms with Crippen molar-refractivity contribution in [3.8, 4) is 0 Å². The molecule has 0 saturated heterocycles. The number of rotatable bonds is 17. The predicted molar refractivity (Wildman–Crippen MR) is 105 cm³/mol. The van der Waals surface area contributed by atoms with Gasteiger partial charge in [-0.05, 0) is 38.5 Å². The number of unbranched alkanes of at least 4 members (excludes halogenated alkanes) is 10. The fourth-order valence-corrected chi connectivity index (χ4v) is 3.68. The minimum Gasteiger partial charge on any atom is -0.341 e. The Morgan fingerprint density at radius 2 is 1.38 bits per heavy atom. The Balaban J connectivity index is 3.42. The number of hydrogen-bond acceptors (Lipinski definition) is 2. The first-order chi connectivity index (χ1) is 11.6. The molecular weight excluding hydrogens is 319 g/mol. The SMILES string of the molecule is CCCCCCCC/C=C\CCCCCCC(CC)C(=O)[PH](=O)O. The summed E-state index contributed by atoms with van der Waals surface area (Å²) in [5.74, 6) is -0.210. The molecule has 0 spiro atoms. The van der Waals surface area contributed by atoms with Crippen LogP contribution < -0.4 is 0 Å². The van der Waals surface area contributed by atoms with Gasteiger partial charge in [0.1, 0.15) is 0 Å². The maximum Gasteiger partial charge on any atom is 0.253 e. The Hall–Kier alpha value is -0.400. The van der Waals surface area contributed by atoms with E-state index < -0.39 is 13.6 Å². The van der Waals surface area contributed by atoms with Crippen LogP contribution in [0, 0.1) is 5.92 Å². The van der Waals surface area contributed by atoms with E-state index in [-0.39, 0.29) is 5.92 Å². The summed E-state index contributed by atoms with van der Waals surface area (Å²) in [6.45, 7) is 4.17. The topological polar surface area (TPSA) is 54.4 Å². The fraction of sp³-hybridized carbons (Fsp3) is 0.850. The van der Waals surface area contributed by atoms with Crippen LogP contribution in [0.25, 0.3) is 0 Å². The zero-order valence-corrected chi connectivity index (χ0v) is 16.9. The second-order valence-electron chi connectivity index (χ2n) is 6.79. The van der Waals surface area contributed by atoms with Crippen molar-refractivity contribution in [1.82, 2.24) is 0 Å². The van der Waals surface area contributed by atoms with Gasteiger partial charge in [-0.25, -0.2) is 0 Å². The lowest BCUT2D eigenvalue weighted by molar-refractivity contribution is -0.116. The van der Waals surface area contributed by atoms with Crippen molar-refractivity contribution in [2.24, 2.45) is 5.92 Å². The summed E-state index contributed by atoms with van der Waals surface area (Å²) in [6.07, 6.45) is 21.1. The van der Waals surface area contributed by atoms with Crippen LogP contribution in [0.15, 0.2) is 12.2 Å². The third-order valence-electron chi connectivity index (χ3n) is 4.64. The lowest BCUT2D eigenvalue weighted by Gasteiger charge is -2.11. The number of allylic oxidation sites excluding steroid dienone is 2. The summed E-state index contributed by atoms with van der Waals surface area (Å²) < 4.78 is 10.9. The van der Waals surface area contributed by atoms with Crippen molar-refractivity contribution < 1.29 is 14.3 Å². The molecule has 24 heavy (non-hydrogen) atoms. The first-order valence-electron chi connectivity index (χ1n) is 10.1. The van der Waals surface area contributed by atoms with Gasteiger partial charge in [0.25, 0.3) is 8.03 Å². The third-order valence-corrected chi connectivity index (χ3v) is 5.47. The summed E-state index contributed by atoms with van der Waals surface area (Å²) in [7, 11) is -2.99. The van der Waals surface area contributed by atoms with Gasteiger partial charge in [0.15, 0.2) is 0 Å². The van der Waals surface area contributed by atoms with Crippen molar-refractivity contribution in [3.05, 3.63) is 12.2 Å². The van der Waals surface area contributed by atoms with E-state index in [1.165, 1.54) is 57.8 Å². The highest BCUT2D eigenvalue weighted by Gasteiger charge is 2.19. The van der Waals surface area contributed by atoms with E-state index >= 15 is 0 Å². The smallest absolute Gasteiger partial charge is 0.253 e. The van der Waals surface area contributed by atoms with E-state index in [4.69, 9.17) is 4.89 Å². The van der Waals surface area contributed by atoms with Crippen LogP contribution in [-0.2, 0) is 9.36 Å². The number of carbonyl (C=O) groups excluding carboxylic acids is 1. The second-order valence-corrected chi connectivity index (χ2v) is 7.90. The molecule has 1 N–H and O–H groups in total. The first-order valence-corrected chi connectivity index (χ1v) is 11.4. The van der Waals surface area contributed by atoms with Gasteiger partial charge in [-0.2, -0.15) is 0 Å². The van der Waals surface area contributed by atoms with Crippen molar-refractivity contribution in [2.45, 2.75) is 104 Å². The van der Waals surface area contributed by atoms with E-state index in [0.29, 0.717) is 6.42 Å². The van der Waals surface area contributed by atoms with Gasteiger partial charge in [-0.15, -0.1) is 0 Å². The van der Waals surface area contributed by atoms with Crippen LogP contribution in [0.2, 0.25) is 0 Å². The Kier molecular flexibility index (Phi) is 17.1. The summed E-state index contributed by atoms with van der Waals surface area (Å²) in [6, 6.07) is 0. The molecule has 0 aliphatic carbocycles. The molecule has 0 aliphatic heterocycles. The molecule has 0 aromatic heterocycles. The van der Waals surface area contributed by atoms with Gasteiger partial charge in [0.2, 0.25) is 5.52 Å². The summed E-state index contributed by atoms with van der Waals surface area (Å²) in [4.78, 5) is 20.4. The molecule has 0 radical (unpaired) electrons. The molecule has 0 amide bonds. The van der Waals surface area contributed by atoms with Gasteiger partial charge in [-0.1, -0.05) is 77.4 Å². The first kappa shape index (κ1) is 23.6. The lowest BCUT2D eigenvalue weighted by Crippen LogP contribution is -2.09. The van der Waals surface area contributed by atoms with Crippen LogP contribution in [0.3, 0.4) is 0 Å². The quantitative estimate of drug-likeness (QED) is 0.180. The van der Waals surface area contributed by atoms with Crippen LogP contribution in [0.1, 0.15) is 104 Å². The highest BCUT2D eigenvalue weighted by molar-refractivity contribution is 7.58. The van der Waals surface area contributed by atoms with Gasteiger partial charge < -0.3 is 4.89 Å². The molecule has 3 nitrogen and oxygen atoms in total. The zero-order chi connectivity index (χ0) is 18.0. The Morgan fingerprint density at radius 3 is 1.88 bits per heavy atom. The fourth-order valence-electron chi connectivity index (χ4n) is 2.98. The van der Waals surface area contributed by atoms with Crippen molar-refractivity contribution in [2.75, 3.05) is 0 Å². The zero-order valence-electron chi connectivity index (χ0n) is 15.9. The van der Waals surface area contributed by atoms with E-state index in [1.807, 2.05) is 6.92 Å². The predicted octanol–water partition coefficient (Wildman–Crippen LogP) is 6.65. The molecule has 0 aliphatic rings. The average Bonchev–Trinajstić information content (AvgIpc) is 2.58. The molecular formula is C20H39O3P. The van der Waals surface area contributed by atoms with Crippen molar-refractivity contribution in [3.63, 3.8) is 0 Å². The molecule has 0 bridgehead atoms. The second kappa shape index (κ2) is 17.4. The highest BCUT2D eigenvalue weighted by atomic mass is 31.1. The molecule has 0 heterocycles. The molecule has 0 aromatic rings. The molecule has 4 heteroatoms. The normalized spacial score (nSPS) is 14.1. The monoisotopic (exact) mass is 358 g/mol. The van der Waals surface area contributed by atoms with Crippen molar-refractivity contribution in [1.29, 1.82) is 0 Å².